The van der Waals surface area contributed by atoms with Crippen LogP contribution < -0.4 is 30.9 Å². The highest BCUT2D eigenvalue weighted by Gasteiger charge is 2.49. The summed E-state index contributed by atoms with van der Waals surface area (Å²) in [6.07, 6.45) is 5.15. The van der Waals surface area contributed by atoms with Gasteiger partial charge in [0.25, 0.3) is 11.5 Å². The molecular weight excluding hydrogens is 888 g/mol. The number of piperazine rings is 1. The number of amides is 2. The fourth-order valence-corrected chi connectivity index (χ4v) is 10.6. The molecule has 2 fully saturated rings. The molecule has 0 saturated carbocycles. The van der Waals surface area contributed by atoms with Crippen molar-refractivity contribution in [3.8, 4) is 11.3 Å². The van der Waals surface area contributed by atoms with Crippen LogP contribution in [0.2, 0.25) is 0 Å². The van der Waals surface area contributed by atoms with E-state index in [-0.39, 0.29) is 28.9 Å². The Labute approximate surface area is 399 Å². The molecule has 2 saturated heterocycles. The quantitative estimate of drug-likeness (QED) is 0.115. The molecule has 0 bridgehead atoms. The van der Waals surface area contributed by atoms with E-state index in [9.17, 15) is 32.7 Å². The number of aliphatic hydroxyl groups is 1. The number of pyridine rings is 2. The first kappa shape index (κ1) is 47.5. The fourth-order valence-electron chi connectivity index (χ4n) is 10.6. The fraction of sp³-hybridized carbons (Fsp3) is 0.451. The summed E-state index contributed by atoms with van der Waals surface area (Å²) in [6.45, 7) is 16.9. The molecule has 7 heterocycles. The molecular formula is C51H60F3N11O4. The largest absolute Gasteiger partial charge is 0.399 e. The second-order valence-corrected chi connectivity index (χ2v) is 20.2. The first-order valence-corrected chi connectivity index (χ1v) is 23.6. The van der Waals surface area contributed by atoms with Gasteiger partial charge in [0.2, 0.25) is 5.91 Å². The van der Waals surface area contributed by atoms with Crippen LogP contribution in [0, 0.1) is 5.41 Å². The van der Waals surface area contributed by atoms with Gasteiger partial charge < -0.3 is 34.7 Å². The Morgan fingerprint density at radius 3 is 2.43 bits per heavy atom. The van der Waals surface area contributed by atoms with Gasteiger partial charge >= 0.3 is 6.18 Å². The highest BCUT2D eigenvalue weighted by atomic mass is 19.4. The van der Waals surface area contributed by atoms with Crippen LogP contribution in [-0.4, -0.2) is 103 Å². The normalized spacial score (nSPS) is 18.8. The monoisotopic (exact) mass is 947 g/mol. The number of halogens is 3. The standard InChI is InChI=1S/C51H60F3N11O4/c1-8-44(67)58-38-24-33(9-11-40(38)63-20-19-62(28-31(63)2)34-14-17-61(18-15-34)35-10-12-43(56-27-35)50(5,6)51(52,53)54)57-45-48(69)60(7)29-39(59-45)36-13-16-55-46(37(36)30-66)65-22-21-64-41(47(65)68)23-32-25-49(3,4)26-42(32)64/h8-13,16,23-24,27,29,31,34,66H,1,14-15,17-22,25-26,28,30H2,2-7H3,(H,57,59)(H,58,67). The van der Waals surface area contributed by atoms with Crippen molar-refractivity contribution < 1.29 is 27.9 Å². The van der Waals surface area contributed by atoms with Gasteiger partial charge in [-0.25, -0.2) is 9.97 Å². The maximum absolute atomic E-state index is 14.0. The molecule has 3 aliphatic heterocycles. The summed E-state index contributed by atoms with van der Waals surface area (Å²) >= 11 is 0. The molecule has 5 aromatic rings. The average Bonchev–Trinajstić information content (AvgIpc) is 3.82. The maximum Gasteiger partial charge on any atom is 0.399 e. The Kier molecular flexibility index (Phi) is 12.5. The van der Waals surface area contributed by atoms with E-state index in [0.717, 1.165) is 77.1 Å². The molecule has 4 aromatic heterocycles. The van der Waals surface area contributed by atoms with Gasteiger partial charge in [-0.3, -0.25) is 29.2 Å². The molecule has 1 aliphatic carbocycles. The molecule has 18 heteroatoms. The topological polar surface area (TPSA) is 157 Å². The predicted molar refractivity (Wildman–Crippen MR) is 261 cm³/mol. The van der Waals surface area contributed by atoms with Crippen LogP contribution in [0.25, 0.3) is 11.3 Å². The van der Waals surface area contributed by atoms with Crippen molar-refractivity contribution in [3.63, 3.8) is 0 Å². The van der Waals surface area contributed by atoms with E-state index in [1.54, 1.807) is 48.7 Å². The van der Waals surface area contributed by atoms with Crippen LogP contribution in [0.4, 0.5) is 47.6 Å². The highest BCUT2D eigenvalue weighted by molar-refractivity contribution is 6.06. The van der Waals surface area contributed by atoms with Crippen molar-refractivity contribution in [1.82, 2.24) is 29.0 Å². The van der Waals surface area contributed by atoms with Crippen molar-refractivity contribution in [2.75, 3.05) is 64.6 Å². The molecule has 1 atom stereocenters. The summed E-state index contributed by atoms with van der Waals surface area (Å²) in [6, 6.07) is 12.9. The van der Waals surface area contributed by atoms with Crippen LogP contribution in [0.1, 0.15) is 80.5 Å². The molecule has 0 radical (unpaired) electrons. The Hall–Kier alpha value is -6.53. The van der Waals surface area contributed by atoms with Crippen LogP contribution in [0.3, 0.4) is 0 Å². The lowest BCUT2D eigenvalue weighted by molar-refractivity contribution is -0.181. The summed E-state index contributed by atoms with van der Waals surface area (Å²) in [5.41, 5.74) is 4.71. The maximum atomic E-state index is 14.0. The number of hydrogen-bond donors (Lipinski definition) is 3. The summed E-state index contributed by atoms with van der Waals surface area (Å²) in [5.74, 6) is -0.217. The number of aliphatic hydroxyl groups excluding tert-OH is 1. The molecule has 1 unspecified atom stereocenters. The smallest absolute Gasteiger partial charge is 0.392 e. The molecule has 4 aliphatic rings. The first-order chi connectivity index (χ1) is 32.8. The zero-order valence-electron chi connectivity index (χ0n) is 40.0. The number of fused-ring (bicyclic) bond motifs is 3. The number of benzene rings is 1. The predicted octanol–water partition coefficient (Wildman–Crippen LogP) is 7.20. The number of nitrogens with zero attached hydrogens (tertiary/aromatic N) is 9. The number of aryl methyl sites for hydroxylation is 1. The number of carbonyl (C=O) groups excluding carboxylic acids is 2. The van der Waals surface area contributed by atoms with E-state index in [1.165, 1.54) is 28.0 Å². The van der Waals surface area contributed by atoms with Gasteiger partial charge in [-0.2, -0.15) is 13.2 Å². The van der Waals surface area contributed by atoms with Crippen LogP contribution in [0.15, 0.2) is 78.5 Å². The molecule has 9 rings (SSSR count). The molecule has 1 aromatic carbocycles. The minimum Gasteiger partial charge on any atom is -0.392 e. The lowest BCUT2D eigenvalue weighted by atomic mass is 9.88. The van der Waals surface area contributed by atoms with Crippen LogP contribution >= 0.6 is 0 Å². The van der Waals surface area contributed by atoms with Crippen LogP contribution in [-0.2, 0) is 43.3 Å². The second kappa shape index (κ2) is 18.1. The zero-order valence-corrected chi connectivity index (χ0v) is 40.0. The van der Waals surface area contributed by atoms with Gasteiger partial charge in [0.05, 0.1) is 41.3 Å². The van der Waals surface area contributed by atoms with Gasteiger partial charge in [-0.1, -0.05) is 20.4 Å². The summed E-state index contributed by atoms with van der Waals surface area (Å²) in [5, 5.41) is 17.0. The number of alkyl halides is 3. The Morgan fingerprint density at radius 2 is 1.75 bits per heavy atom. The number of carbonyl (C=O) groups is 2. The number of aromatic nitrogens is 5. The van der Waals surface area contributed by atoms with E-state index >= 15 is 0 Å². The van der Waals surface area contributed by atoms with Crippen molar-refractivity contribution in [2.45, 2.75) is 97.1 Å². The average molecular weight is 948 g/mol. The van der Waals surface area contributed by atoms with Gasteiger partial charge in [0.15, 0.2) is 5.82 Å². The van der Waals surface area contributed by atoms with Gasteiger partial charge in [-0.05, 0) is 106 Å². The zero-order chi connectivity index (χ0) is 49.2. The van der Waals surface area contributed by atoms with Crippen molar-refractivity contribution in [1.29, 1.82) is 0 Å². The van der Waals surface area contributed by atoms with E-state index < -0.39 is 29.7 Å². The van der Waals surface area contributed by atoms with Crippen molar-refractivity contribution in [3.05, 3.63) is 112 Å². The molecule has 69 heavy (non-hydrogen) atoms. The third-order valence-corrected chi connectivity index (χ3v) is 14.5. The SMILES string of the molecule is C=CC(=O)Nc1cc(Nc2nc(-c3ccnc(N4CCn5c(cc6c5CC(C)(C)C6)C4=O)c3CO)cn(C)c2=O)ccc1N1CCN(C2CCN(c3ccc(C(C)(C)C(F)(F)F)nc3)CC2)CC1C. The van der Waals surface area contributed by atoms with Gasteiger partial charge in [0.1, 0.15) is 16.9 Å². The lowest BCUT2D eigenvalue weighted by Crippen LogP contribution is -2.57. The highest BCUT2D eigenvalue weighted by Crippen LogP contribution is 2.42. The first-order valence-electron chi connectivity index (χ1n) is 23.6. The molecule has 2 amide bonds. The van der Waals surface area contributed by atoms with E-state index in [2.05, 4.69) is 67.2 Å². The van der Waals surface area contributed by atoms with E-state index in [1.807, 2.05) is 18.2 Å². The Morgan fingerprint density at radius 1 is 0.986 bits per heavy atom. The number of rotatable bonds is 11. The minimum atomic E-state index is -4.40. The van der Waals surface area contributed by atoms with E-state index in [0.29, 0.717) is 65.4 Å². The van der Waals surface area contributed by atoms with Crippen LogP contribution in [0.5, 0.6) is 0 Å². The molecule has 0 spiro atoms. The number of hydrogen-bond acceptors (Lipinski definition) is 11. The summed E-state index contributed by atoms with van der Waals surface area (Å²) in [7, 11) is 1.62. The number of nitrogens with one attached hydrogen (secondary N) is 2. The minimum absolute atomic E-state index is 0.00242. The second-order valence-electron chi connectivity index (χ2n) is 20.2. The van der Waals surface area contributed by atoms with Gasteiger partial charge in [0, 0.05) is 99.8 Å². The number of piperidine rings is 1. The summed E-state index contributed by atoms with van der Waals surface area (Å²) < 4.78 is 44.4. The Balaban J connectivity index is 0.898. The lowest BCUT2D eigenvalue weighted by Gasteiger charge is -2.47. The molecule has 364 valence electrons. The molecule has 15 nitrogen and oxygen atoms in total. The van der Waals surface area contributed by atoms with Gasteiger partial charge in [-0.15, -0.1) is 0 Å². The third kappa shape index (κ3) is 8.99. The third-order valence-electron chi connectivity index (χ3n) is 14.5. The Bertz CT molecular complexity index is 2860. The van der Waals surface area contributed by atoms with Crippen molar-refractivity contribution >= 4 is 46.2 Å². The molecule has 3 N–H and O–H groups in total. The summed E-state index contributed by atoms with van der Waals surface area (Å²) in [4.78, 5) is 62.7. The van der Waals surface area contributed by atoms with E-state index in [4.69, 9.17) is 4.98 Å². The van der Waals surface area contributed by atoms with Crippen molar-refractivity contribution in [2.24, 2.45) is 12.5 Å². The number of anilines is 6.